The third-order valence-electron chi connectivity index (χ3n) is 3.14. The summed E-state index contributed by atoms with van der Waals surface area (Å²) in [5, 5.41) is 0. The van der Waals surface area contributed by atoms with Crippen molar-refractivity contribution in [3.05, 3.63) is 22.8 Å². The molecule has 1 aliphatic heterocycles. The van der Waals surface area contributed by atoms with Crippen LogP contribution in [0.4, 0.5) is 0 Å². The number of rotatable bonds is 8. The Bertz CT molecular complexity index is 355. The third kappa shape index (κ3) is 6.15. The Kier molecular flexibility index (Phi) is 7.03. The highest BCUT2D eigenvalue weighted by Gasteiger charge is 2.10. The fourth-order valence-electron chi connectivity index (χ4n) is 2.04. The normalized spacial score (nSPS) is 15.8. The largest absolute Gasteiger partial charge is 0.478 e. The Hall–Kier alpha value is -0.260. The first-order valence-electron chi connectivity index (χ1n) is 6.89. The van der Waals surface area contributed by atoms with Gasteiger partial charge in [-0.15, -0.1) is 11.8 Å². The van der Waals surface area contributed by atoms with Gasteiger partial charge in [-0.25, -0.2) is 4.98 Å². The van der Waals surface area contributed by atoms with E-state index in [9.17, 15) is 0 Å². The van der Waals surface area contributed by atoms with Gasteiger partial charge < -0.3 is 4.74 Å². The molecule has 5 heteroatoms. The van der Waals surface area contributed by atoms with Crippen LogP contribution in [0, 0.1) is 0 Å². The van der Waals surface area contributed by atoms with Crippen molar-refractivity contribution in [2.75, 3.05) is 31.3 Å². The summed E-state index contributed by atoms with van der Waals surface area (Å²) in [6, 6.07) is 3.85. The SMILES string of the molecule is Brc1ccc(OCCCCCCN2CCSC2)nc1. The molecule has 1 aromatic rings. The molecule has 0 saturated carbocycles. The van der Waals surface area contributed by atoms with Gasteiger partial charge in [0.25, 0.3) is 0 Å². The molecule has 1 aromatic heterocycles. The lowest BCUT2D eigenvalue weighted by atomic mass is 10.2. The fourth-order valence-corrected chi connectivity index (χ4v) is 3.31. The molecule has 0 bridgehead atoms. The van der Waals surface area contributed by atoms with Gasteiger partial charge in [0.05, 0.1) is 6.61 Å². The van der Waals surface area contributed by atoms with Gasteiger partial charge in [0.15, 0.2) is 0 Å². The number of ether oxygens (including phenoxy) is 1. The summed E-state index contributed by atoms with van der Waals surface area (Å²) in [5.41, 5.74) is 0. The average Bonchev–Trinajstić information content (AvgIpc) is 2.93. The van der Waals surface area contributed by atoms with E-state index in [1.165, 1.54) is 44.0 Å². The molecule has 0 spiro atoms. The molecule has 0 aromatic carbocycles. The topological polar surface area (TPSA) is 25.4 Å². The van der Waals surface area contributed by atoms with Gasteiger partial charge in [0.1, 0.15) is 0 Å². The van der Waals surface area contributed by atoms with Crippen LogP contribution in [0.1, 0.15) is 25.7 Å². The van der Waals surface area contributed by atoms with Gasteiger partial charge in [-0.05, 0) is 41.4 Å². The highest BCUT2D eigenvalue weighted by Crippen LogP contribution is 2.15. The van der Waals surface area contributed by atoms with E-state index in [-0.39, 0.29) is 0 Å². The highest BCUT2D eigenvalue weighted by molar-refractivity contribution is 9.10. The van der Waals surface area contributed by atoms with Gasteiger partial charge in [-0.2, -0.15) is 0 Å². The third-order valence-corrected chi connectivity index (χ3v) is 4.63. The van der Waals surface area contributed by atoms with E-state index in [1.807, 2.05) is 23.9 Å². The number of halogens is 1. The second-order valence-electron chi connectivity index (χ2n) is 4.73. The van der Waals surface area contributed by atoms with Crippen molar-refractivity contribution in [2.45, 2.75) is 25.7 Å². The van der Waals surface area contributed by atoms with Crippen molar-refractivity contribution in [2.24, 2.45) is 0 Å². The molecule has 1 aliphatic rings. The van der Waals surface area contributed by atoms with E-state index < -0.39 is 0 Å². The number of nitrogens with zero attached hydrogens (tertiary/aromatic N) is 2. The molecule has 1 fully saturated rings. The molecule has 1 saturated heterocycles. The highest BCUT2D eigenvalue weighted by atomic mass is 79.9. The van der Waals surface area contributed by atoms with Crippen LogP contribution in [0.5, 0.6) is 5.88 Å². The minimum Gasteiger partial charge on any atom is -0.478 e. The summed E-state index contributed by atoms with van der Waals surface area (Å²) in [7, 11) is 0. The second-order valence-corrected chi connectivity index (χ2v) is 6.72. The molecule has 2 rings (SSSR count). The summed E-state index contributed by atoms with van der Waals surface area (Å²) in [5.74, 6) is 3.27. The average molecular weight is 345 g/mol. The predicted molar refractivity (Wildman–Crippen MR) is 84.8 cm³/mol. The van der Waals surface area contributed by atoms with Crippen molar-refractivity contribution < 1.29 is 4.74 Å². The fraction of sp³-hybridized carbons (Fsp3) is 0.643. The summed E-state index contributed by atoms with van der Waals surface area (Å²) >= 11 is 5.41. The number of unbranched alkanes of at least 4 members (excludes halogenated alkanes) is 3. The second kappa shape index (κ2) is 8.82. The van der Waals surface area contributed by atoms with E-state index in [4.69, 9.17) is 4.74 Å². The van der Waals surface area contributed by atoms with Crippen molar-refractivity contribution in [1.82, 2.24) is 9.88 Å². The Labute approximate surface area is 128 Å². The summed E-state index contributed by atoms with van der Waals surface area (Å²) in [4.78, 5) is 6.73. The van der Waals surface area contributed by atoms with Crippen LogP contribution >= 0.6 is 27.7 Å². The lowest BCUT2D eigenvalue weighted by molar-refractivity contribution is 0.289. The Morgan fingerprint density at radius 3 is 2.89 bits per heavy atom. The predicted octanol–water partition coefficient (Wildman–Crippen LogP) is 3.79. The lowest BCUT2D eigenvalue weighted by Gasteiger charge is -2.12. The molecule has 0 radical (unpaired) electrons. The smallest absolute Gasteiger partial charge is 0.213 e. The Morgan fingerprint density at radius 2 is 2.16 bits per heavy atom. The number of aromatic nitrogens is 1. The number of hydrogen-bond donors (Lipinski definition) is 0. The maximum absolute atomic E-state index is 5.60. The van der Waals surface area contributed by atoms with E-state index in [1.54, 1.807) is 6.20 Å². The van der Waals surface area contributed by atoms with Crippen LogP contribution < -0.4 is 4.74 Å². The minimum atomic E-state index is 0.720. The van der Waals surface area contributed by atoms with E-state index >= 15 is 0 Å². The number of thioether (sulfide) groups is 1. The zero-order valence-corrected chi connectivity index (χ0v) is 13.6. The number of pyridine rings is 1. The standard InChI is InChI=1S/C14H21BrN2OS/c15-13-5-6-14(16-11-13)18-9-4-2-1-3-7-17-8-10-19-12-17/h5-6,11H,1-4,7-10,12H2. The molecule has 19 heavy (non-hydrogen) atoms. The molecule has 0 atom stereocenters. The van der Waals surface area contributed by atoms with Crippen molar-refractivity contribution in [1.29, 1.82) is 0 Å². The van der Waals surface area contributed by atoms with E-state index in [2.05, 4.69) is 25.8 Å². The number of hydrogen-bond acceptors (Lipinski definition) is 4. The van der Waals surface area contributed by atoms with Crippen LogP contribution in [-0.4, -0.2) is 41.2 Å². The van der Waals surface area contributed by atoms with Crippen LogP contribution in [0.2, 0.25) is 0 Å². The molecule has 0 amide bonds. The molecular formula is C14H21BrN2OS. The van der Waals surface area contributed by atoms with Crippen molar-refractivity contribution in [3.8, 4) is 5.88 Å². The van der Waals surface area contributed by atoms with Gasteiger partial charge in [0, 0.05) is 34.9 Å². The zero-order valence-electron chi connectivity index (χ0n) is 11.2. The summed E-state index contributed by atoms with van der Waals surface area (Å²) < 4.78 is 6.58. The van der Waals surface area contributed by atoms with Crippen molar-refractivity contribution >= 4 is 27.7 Å². The van der Waals surface area contributed by atoms with Gasteiger partial charge >= 0.3 is 0 Å². The monoisotopic (exact) mass is 344 g/mol. The first-order chi connectivity index (χ1) is 9.34. The lowest BCUT2D eigenvalue weighted by Crippen LogP contribution is -2.20. The molecule has 0 aliphatic carbocycles. The molecule has 106 valence electrons. The minimum absolute atomic E-state index is 0.720. The zero-order chi connectivity index (χ0) is 13.3. The van der Waals surface area contributed by atoms with Gasteiger partial charge in [-0.3, -0.25) is 4.90 Å². The molecule has 0 N–H and O–H groups in total. The Balaban J connectivity index is 1.44. The summed E-state index contributed by atoms with van der Waals surface area (Å²) in [6.07, 6.45) is 6.75. The molecule has 2 heterocycles. The maximum atomic E-state index is 5.60. The van der Waals surface area contributed by atoms with Crippen LogP contribution in [0.25, 0.3) is 0 Å². The van der Waals surface area contributed by atoms with Crippen molar-refractivity contribution in [3.63, 3.8) is 0 Å². The van der Waals surface area contributed by atoms with Crippen LogP contribution in [-0.2, 0) is 0 Å². The van der Waals surface area contributed by atoms with E-state index in [0.29, 0.717) is 0 Å². The van der Waals surface area contributed by atoms with E-state index in [0.717, 1.165) is 23.4 Å². The van der Waals surface area contributed by atoms with Crippen LogP contribution in [0.3, 0.4) is 0 Å². The molecule has 3 nitrogen and oxygen atoms in total. The first-order valence-corrected chi connectivity index (χ1v) is 8.84. The molecule has 0 unspecified atom stereocenters. The molecular weight excluding hydrogens is 324 g/mol. The first kappa shape index (κ1) is 15.1. The van der Waals surface area contributed by atoms with Gasteiger partial charge in [-0.1, -0.05) is 12.8 Å². The quantitative estimate of drug-likeness (QED) is 0.670. The summed E-state index contributed by atoms with van der Waals surface area (Å²) in [6.45, 7) is 3.32. The van der Waals surface area contributed by atoms with Crippen LogP contribution in [0.15, 0.2) is 22.8 Å². The maximum Gasteiger partial charge on any atom is 0.213 e. The Morgan fingerprint density at radius 1 is 1.26 bits per heavy atom. The van der Waals surface area contributed by atoms with Gasteiger partial charge in [0.2, 0.25) is 5.88 Å².